The Morgan fingerprint density at radius 2 is 2.11 bits per heavy atom. The normalized spacial score (nSPS) is 11.7. The standard InChI is InChI=1S/C8H16O/c1-4-6-7-8(5-2)9-3/h7H,4-6H2,1-3H3/b8-7-. The van der Waals surface area contributed by atoms with Crippen molar-refractivity contribution < 1.29 is 4.74 Å². The molecule has 0 N–H and O–H groups in total. The highest BCUT2D eigenvalue weighted by Crippen LogP contribution is 2.02. The summed E-state index contributed by atoms with van der Waals surface area (Å²) in [5.41, 5.74) is 0. The van der Waals surface area contributed by atoms with E-state index in [1.54, 1.807) is 7.11 Å². The molecule has 0 aromatic heterocycles. The van der Waals surface area contributed by atoms with Gasteiger partial charge >= 0.3 is 0 Å². The molecule has 0 aliphatic carbocycles. The van der Waals surface area contributed by atoms with Crippen LogP contribution in [0.15, 0.2) is 11.8 Å². The Morgan fingerprint density at radius 3 is 2.44 bits per heavy atom. The molecule has 1 heteroatoms. The highest BCUT2D eigenvalue weighted by Gasteiger charge is 1.87. The second kappa shape index (κ2) is 5.67. The molecule has 0 fully saturated rings. The molecule has 0 saturated heterocycles. The van der Waals surface area contributed by atoms with Crippen molar-refractivity contribution in [1.29, 1.82) is 0 Å². The molecule has 0 spiro atoms. The van der Waals surface area contributed by atoms with Crippen molar-refractivity contribution >= 4 is 0 Å². The van der Waals surface area contributed by atoms with E-state index in [2.05, 4.69) is 19.9 Å². The molecule has 0 unspecified atom stereocenters. The van der Waals surface area contributed by atoms with Crippen molar-refractivity contribution in [2.75, 3.05) is 7.11 Å². The van der Waals surface area contributed by atoms with Gasteiger partial charge in [-0.2, -0.15) is 0 Å². The van der Waals surface area contributed by atoms with Gasteiger partial charge in [-0.15, -0.1) is 0 Å². The van der Waals surface area contributed by atoms with E-state index in [1.165, 1.54) is 6.42 Å². The number of hydrogen-bond acceptors (Lipinski definition) is 1. The first-order valence-corrected chi connectivity index (χ1v) is 3.58. The minimum atomic E-state index is 1.01. The third kappa shape index (κ3) is 4.07. The molecular weight excluding hydrogens is 112 g/mol. The number of allylic oxidation sites excluding steroid dienone is 2. The average molecular weight is 128 g/mol. The van der Waals surface area contributed by atoms with Gasteiger partial charge in [0.1, 0.15) is 0 Å². The van der Waals surface area contributed by atoms with Gasteiger partial charge in [0.25, 0.3) is 0 Å². The van der Waals surface area contributed by atoms with Crippen LogP contribution in [0.2, 0.25) is 0 Å². The fourth-order valence-corrected chi connectivity index (χ4v) is 0.677. The molecule has 54 valence electrons. The Kier molecular flexibility index (Phi) is 5.38. The highest BCUT2D eigenvalue weighted by atomic mass is 16.5. The van der Waals surface area contributed by atoms with Crippen LogP contribution in [0.25, 0.3) is 0 Å². The van der Waals surface area contributed by atoms with Crippen LogP contribution >= 0.6 is 0 Å². The fraction of sp³-hybridized carbons (Fsp3) is 0.750. The number of ether oxygens (including phenoxy) is 1. The zero-order chi connectivity index (χ0) is 7.11. The third-order valence-electron chi connectivity index (χ3n) is 1.27. The molecule has 9 heavy (non-hydrogen) atoms. The summed E-state index contributed by atoms with van der Waals surface area (Å²) >= 11 is 0. The SMILES string of the molecule is CCC/C=C(/CC)OC. The summed E-state index contributed by atoms with van der Waals surface area (Å²) in [6.07, 6.45) is 5.50. The van der Waals surface area contributed by atoms with E-state index in [4.69, 9.17) is 4.74 Å². The van der Waals surface area contributed by atoms with Gasteiger partial charge in [-0.1, -0.05) is 20.3 Å². The van der Waals surface area contributed by atoms with Crippen LogP contribution < -0.4 is 0 Å². The van der Waals surface area contributed by atoms with E-state index in [0.717, 1.165) is 18.6 Å². The van der Waals surface area contributed by atoms with Crippen molar-refractivity contribution in [3.8, 4) is 0 Å². The lowest BCUT2D eigenvalue weighted by atomic mass is 10.2. The number of unbranched alkanes of at least 4 members (excludes halogenated alkanes) is 1. The zero-order valence-corrected chi connectivity index (χ0v) is 6.61. The minimum Gasteiger partial charge on any atom is -0.501 e. The highest BCUT2D eigenvalue weighted by molar-refractivity contribution is 4.90. The smallest absolute Gasteiger partial charge is 0.0912 e. The van der Waals surface area contributed by atoms with Gasteiger partial charge in [0.15, 0.2) is 0 Å². The molecule has 0 radical (unpaired) electrons. The second-order valence-electron chi connectivity index (χ2n) is 2.02. The monoisotopic (exact) mass is 128 g/mol. The molecule has 0 atom stereocenters. The maximum atomic E-state index is 5.06. The van der Waals surface area contributed by atoms with Gasteiger partial charge in [-0.3, -0.25) is 0 Å². The van der Waals surface area contributed by atoms with Crippen LogP contribution in [0.3, 0.4) is 0 Å². The summed E-state index contributed by atoms with van der Waals surface area (Å²) in [7, 11) is 1.73. The Labute approximate surface area is 57.7 Å². The Hall–Kier alpha value is -0.460. The number of rotatable bonds is 4. The Bertz CT molecular complexity index is 78.6. The van der Waals surface area contributed by atoms with Crippen LogP contribution in [0.4, 0.5) is 0 Å². The molecule has 0 aromatic carbocycles. The second-order valence-corrected chi connectivity index (χ2v) is 2.02. The number of methoxy groups -OCH3 is 1. The van der Waals surface area contributed by atoms with Gasteiger partial charge < -0.3 is 4.74 Å². The van der Waals surface area contributed by atoms with Crippen molar-refractivity contribution in [2.45, 2.75) is 33.1 Å². The predicted octanol–water partition coefficient (Wildman–Crippen LogP) is 2.73. The zero-order valence-electron chi connectivity index (χ0n) is 6.61. The maximum absolute atomic E-state index is 5.06. The fourth-order valence-electron chi connectivity index (χ4n) is 0.677. The minimum absolute atomic E-state index is 1.01. The molecule has 0 aliphatic heterocycles. The van der Waals surface area contributed by atoms with Crippen LogP contribution in [0.1, 0.15) is 33.1 Å². The van der Waals surface area contributed by atoms with E-state index in [1.807, 2.05) is 0 Å². The topological polar surface area (TPSA) is 9.23 Å². The molecule has 0 rings (SSSR count). The lowest BCUT2D eigenvalue weighted by molar-refractivity contribution is 0.279. The molecule has 0 heterocycles. The Morgan fingerprint density at radius 1 is 1.44 bits per heavy atom. The van der Waals surface area contributed by atoms with E-state index in [9.17, 15) is 0 Å². The van der Waals surface area contributed by atoms with Crippen LogP contribution in [0.5, 0.6) is 0 Å². The molecular formula is C8H16O. The van der Waals surface area contributed by atoms with Gasteiger partial charge in [0.2, 0.25) is 0 Å². The van der Waals surface area contributed by atoms with E-state index < -0.39 is 0 Å². The quantitative estimate of drug-likeness (QED) is 0.529. The third-order valence-corrected chi connectivity index (χ3v) is 1.27. The summed E-state index contributed by atoms with van der Waals surface area (Å²) in [6, 6.07) is 0. The molecule has 0 aromatic rings. The summed E-state index contributed by atoms with van der Waals surface area (Å²) in [4.78, 5) is 0. The van der Waals surface area contributed by atoms with Crippen LogP contribution in [-0.2, 0) is 4.74 Å². The van der Waals surface area contributed by atoms with Crippen molar-refractivity contribution in [3.63, 3.8) is 0 Å². The van der Waals surface area contributed by atoms with Gasteiger partial charge in [0.05, 0.1) is 12.9 Å². The lowest BCUT2D eigenvalue weighted by Gasteiger charge is -2.00. The van der Waals surface area contributed by atoms with Crippen LogP contribution in [-0.4, -0.2) is 7.11 Å². The molecule has 1 nitrogen and oxygen atoms in total. The summed E-state index contributed by atoms with van der Waals surface area (Å²) in [5.74, 6) is 1.11. The molecule has 0 bridgehead atoms. The predicted molar refractivity (Wildman–Crippen MR) is 40.3 cm³/mol. The van der Waals surface area contributed by atoms with E-state index in [-0.39, 0.29) is 0 Å². The summed E-state index contributed by atoms with van der Waals surface area (Å²) in [6.45, 7) is 4.27. The van der Waals surface area contributed by atoms with E-state index >= 15 is 0 Å². The van der Waals surface area contributed by atoms with Gasteiger partial charge in [-0.05, 0) is 12.5 Å². The van der Waals surface area contributed by atoms with E-state index in [0.29, 0.717) is 0 Å². The van der Waals surface area contributed by atoms with Gasteiger partial charge in [-0.25, -0.2) is 0 Å². The van der Waals surface area contributed by atoms with Crippen molar-refractivity contribution in [3.05, 3.63) is 11.8 Å². The molecule has 0 aliphatic rings. The summed E-state index contributed by atoms with van der Waals surface area (Å²) in [5, 5.41) is 0. The first-order chi connectivity index (χ1) is 4.35. The van der Waals surface area contributed by atoms with Gasteiger partial charge in [0, 0.05) is 6.42 Å². The van der Waals surface area contributed by atoms with Crippen molar-refractivity contribution in [1.82, 2.24) is 0 Å². The largest absolute Gasteiger partial charge is 0.501 e. The van der Waals surface area contributed by atoms with Crippen LogP contribution in [0, 0.1) is 0 Å². The maximum Gasteiger partial charge on any atom is 0.0912 e. The molecule has 0 saturated carbocycles. The molecule has 0 amide bonds. The lowest BCUT2D eigenvalue weighted by Crippen LogP contribution is -1.82. The first kappa shape index (κ1) is 8.54. The summed E-state index contributed by atoms with van der Waals surface area (Å²) < 4.78 is 5.06. The average Bonchev–Trinajstić information content (AvgIpc) is 1.91. The van der Waals surface area contributed by atoms with Crippen molar-refractivity contribution in [2.24, 2.45) is 0 Å². The Balaban J connectivity index is 3.48. The number of hydrogen-bond donors (Lipinski definition) is 0. The first-order valence-electron chi connectivity index (χ1n) is 3.58.